The molecule has 1 atom stereocenters. The maximum absolute atomic E-state index is 13.4. The summed E-state index contributed by atoms with van der Waals surface area (Å²) in [5.74, 6) is -1.31. The number of hydrogen-bond acceptors (Lipinski definition) is 3. The Balaban J connectivity index is 1.70. The average molecular weight is 349 g/mol. The third-order valence-corrected chi connectivity index (χ3v) is 5.43. The van der Waals surface area contributed by atoms with Crippen molar-refractivity contribution in [2.45, 2.75) is 44.2 Å². The summed E-state index contributed by atoms with van der Waals surface area (Å²) in [4.78, 5) is 28.0. The zero-order chi connectivity index (χ0) is 18.0. The zero-order valence-corrected chi connectivity index (χ0v) is 14.8. The highest BCUT2D eigenvalue weighted by atomic mass is 16.6. The molecule has 4 heteroatoms. The molecule has 1 aliphatic carbocycles. The van der Waals surface area contributed by atoms with Crippen LogP contribution in [0.2, 0.25) is 0 Å². The van der Waals surface area contributed by atoms with Gasteiger partial charge in [-0.15, -0.1) is 0 Å². The first-order chi connectivity index (χ1) is 12.7. The van der Waals surface area contributed by atoms with Crippen LogP contribution in [0.5, 0.6) is 0 Å². The molecule has 0 bridgehead atoms. The number of benzene rings is 2. The minimum atomic E-state index is -0.818. The Morgan fingerprint density at radius 3 is 2.15 bits per heavy atom. The van der Waals surface area contributed by atoms with Crippen LogP contribution < -0.4 is 4.90 Å². The van der Waals surface area contributed by atoms with E-state index in [9.17, 15) is 9.59 Å². The van der Waals surface area contributed by atoms with Crippen molar-refractivity contribution in [3.8, 4) is 0 Å². The number of carbonyl (C=O) groups excluding carboxylic acids is 2. The van der Waals surface area contributed by atoms with Gasteiger partial charge in [-0.3, -0.25) is 14.5 Å². The first kappa shape index (κ1) is 16.8. The summed E-state index contributed by atoms with van der Waals surface area (Å²) < 4.78 is 6.00. The van der Waals surface area contributed by atoms with Crippen molar-refractivity contribution in [2.75, 3.05) is 4.90 Å². The Morgan fingerprint density at radius 2 is 1.50 bits per heavy atom. The van der Waals surface area contributed by atoms with Gasteiger partial charge in [-0.25, -0.2) is 0 Å². The van der Waals surface area contributed by atoms with Gasteiger partial charge in [0.1, 0.15) is 5.92 Å². The SMILES string of the molecule is O=C1OC2(CCCCC2)N(c2ccccc2)C(=O)[C@@H]1Cc1ccccc1. The Bertz CT molecular complexity index is 782. The lowest BCUT2D eigenvalue weighted by molar-refractivity contribution is -0.180. The van der Waals surface area contributed by atoms with Gasteiger partial charge in [0, 0.05) is 18.5 Å². The highest BCUT2D eigenvalue weighted by Gasteiger charge is 2.53. The van der Waals surface area contributed by atoms with Crippen LogP contribution in [0.1, 0.15) is 37.7 Å². The highest BCUT2D eigenvalue weighted by molar-refractivity contribution is 6.09. The second kappa shape index (κ2) is 6.94. The zero-order valence-electron chi connectivity index (χ0n) is 14.8. The molecule has 1 saturated carbocycles. The number of nitrogens with zero attached hydrogens (tertiary/aromatic N) is 1. The molecule has 1 aliphatic heterocycles. The van der Waals surface area contributed by atoms with Crippen LogP contribution in [0.15, 0.2) is 60.7 Å². The molecule has 2 aromatic carbocycles. The van der Waals surface area contributed by atoms with Crippen molar-refractivity contribution in [3.63, 3.8) is 0 Å². The molecule has 2 aliphatic rings. The van der Waals surface area contributed by atoms with Crippen LogP contribution in [0.25, 0.3) is 0 Å². The number of ether oxygens (including phenoxy) is 1. The first-order valence-corrected chi connectivity index (χ1v) is 9.35. The Kier molecular flexibility index (Phi) is 4.49. The molecular formula is C22H23NO3. The molecule has 1 amide bonds. The highest BCUT2D eigenvalue weighted by Crippen LogP contribution is 2.42. The Morgan fingerprint density at radius 1 is 0.885 bits per heavy atom. The topological polar surface area (TPSA) is 46.6 Å². The van der Waals surface area contributed by atoms with Crippen LogP contribution in [0.3, 0.4) is 0 Å². The van der Waals surface area contributed by atoms with E-state index in [0.29, 0.717) is 19.3 Å². The van der Waals surface area contributed by atoms with Gasteiger partial charge in [0.2, 0.25) is 5.91 Å². The normalized spacial score (nSPS) is 22.3. The number of hydrogen-bond donors (Lipinski definition) is 0. The molecule has 0 aromatic heterocycles. The predicted octanol–water partition coefficient (Wildman–Crippen LogP) is 4.10. The smallest absolute Gasteiger partial charge is 0.320 e. The van der Waals surface area contributed by atoms with Gasteiger partial charge < -0.3 is 4.74 Å². The van der Waals surface area contributed by atoms with Crippen LogP contribution in [-0.2, 0) is 20.7 Å². The minimum Gasteiger partial charge on any atom is -0.438 e. The van der Waals surface area contributed by atoms with E-state index < -0.39 is 11.6 Å². The van der Waals surface area contributed by atoms with Crippen molar-refractivity contribution in [1.82, 2.24) is 0 Å². The molecule has 0 unspecified atom stereocenters. The molecule has 2 aromatic rings. The molecule has 1 spiro atoms. The van der Waals surface area contributed by atoms with E-state index in [1.807, 2.05) is 60.7 Å². The largest absolute Gasteiger partial charge is 0.438 e. The summed E-state index contributed by atoms with van der Waals surface area (Å²) in [6.45, 7) is 0. The fourth-order valence-electron chi connectivity index (χ4n) is 4.15. The molecule has 0 radical (unpaired) electrons. The Hall–Kier alpha value is -2.62. The summed E-state index contributed by atoms with van der Waals surface area (Å²) in [5.41, 5.74) is 0.960. The van der Waals surface area contributed by atoms with Crippen molar-refractivity contribution in [1.29, 1.82) is 0 Å². The van der Waals surface area contributed by atoms with Crippen molar-refractivity contribution < 1.29 is 14.3 Å². The number of amides is 1. The minimum absolute atomic E-state index is 0.141. The van der Waals surface area contributed by atoms with E-state index in [0.717, 1.165) is 30.5 Å². The molecule has 26 heavy (non-hydrogen) atoms. The average Bonchev–Trinajstić information content (AvgIpc) is 2.67. The summed E-state index contributed by atoms with van der Waals surface area (Å²) in [7, 11) is 0. The number of esters is 1. The van der Waals surface area contributed by atoms with Gasteiger partial charge in [0.15, 0.2) is 5.72 Å². The molecule has 4 nitrogen and oxygen atoms in total. The third-order valence-electron chi connectivity index (χ3n) is 5.43. The maximum Gasteiger partial charge on any atom is 0.320 e. The summed E-state index contributed by atoms with van der Waals surface area (Å²) >= 11 is 0. The third kappa shape index (κ3) is 3.00. The van der Waals surface area contributed by atoms with E-state index >= 15 is 0 Å². The second-order valence-electron chi connectivity index (χ2n) is 7.18. The standard InChI is InChI=1S/C22H23NO3/c24-20-19(16-17-10-4-1-5-11-17)21(25)26-22(14-8-3-9-15-22)23(20)18-12-6-2-7-13-18/h1-2,4-7,10-13,19H,3,8-9,14-16H2/t19-/m0/s1. The molecule has 0 N–H and O–H groups in total. The molecule has 1 saturated heterocycles. The summed E-state index contributed by atoms with van der Waals surface area (Å²) in [6, 6.07) is 19.3. The summed E-state index contributed by atoms with van der Waals surface area (Å²) in [6.07, 6.45) is 4.83. The number of para-hydroxylation sites is 1. The van der Waals surface area contributed by atoms with E-state index in [-0.39, 0.29) is 11.9 Å². The lowest BCUT2D eigenvalue weighted by Crippen LogP contribution is -2.63. The van der Waals surface area contributed by atoms with Crippen LogP contribution >= 0.6 is 0 Å². The first-order valence-electron chi connectivity index (χ1n) is 9.35. The maximum atomic E-state index is 13.4. The van der Waals surface area contributed by atoms with Gasteiger partial charge in [-0.05, 0) is 37.0 Å². The fourth-order valence-corrected chi connectivity index (χ4v) is 4.15. The number of anilines is 1. The lowest BCUT2D eigenvalue weighted by atomic mass is 9.85. The van der Waals surface area contributed by atoms with E-state index in [1.165, 1.54) is 0 Å². The van der Waals surface area contributed by atoms with Gasteiger partial charge in [0.25, 0.3) is 0 Å². The monoisotopic (exact) mass is 349 g/mol. The fraction of sp³-hybridized carbons (Fsp3) is 0.364. The van der Waals surface area contributed by atoms with Gasteiger partial charge in [-0.1, -0.05) is 55.0 Å². The molecule has 2 fully saturated rings. The van der Waals surface area contributed by atoms with E-state index in [4.69, 9.17) is 4.74 Å². The summed E-state index contributed by atoms with van der Waals surface area (Å²) in [5, 5.41) is 0. The van der Waals surface area contributed by atoms with Gasteiger partial charge >= 0.3 is 5.97 Å². The number of rotatable bonds is 3. The van der Waals surface area contributed by atoms with Gasteiger partial charge in [-0.2, -0.15) is 0 Å². The predicted molar refractivity (Wildman–Crippen MR) is 99.5 cm³/mol. The van der Waals surface area contributed by atoms with E-state index in [1.54, 1.807) is 4.90 Å². The van der Waals surface area contributed by atoms with E-state index in [2.05, 4.69) is 0 Å². The van der Waals surface area contributed by atoms with Gasteiger partial charge in [0.05, 0.1) is 0 Å². The van der Waals surface area contributed by atoms with Crippen LogP contribution in [0, 0.1) is 5.92 Å². The Labute approximate surface area is 153 Å². The lowest BCUT2D eigenvalue weighted by Gasteiger charge is -2.49. The van der Waals surface area contributed by atoms with Crippen molar-refractivity contribution >= 4 is 17.6 Å². The van der Waals surface area contributed by atoms with Crippen LogP contribution in [-0.4, -0.2) is 17.6 Å². The second-order valence-corrected chi connectivity index (χ2v) is 7.18. The quantitative estimate of drug-likeness (QED) is 0.619. The van der Waals surface area contributed by atoms with Crippen molar-refractivity contribution in [3.05, 3.63) is 66.2 Å². The molecule has 1 heterocycles. The molecule has 4 rings (SSSR count). The number of carbonyl (C=O) groups is 2. The molecule has 134 valence electrons. The van der Waals surface area contributed by atoms with Crippen molar-refractivity contribution in [2.24, 2.45) is 5.92 Å². The molecular weight excluding hydrogens is 326 g/mol. The van der Waals surface area contributed by atoms with Crippen LogP contribution in [0.4, 0.5) is 5.69 Å².